The summed E-state index contributed by atoms with van der Waals surface area (Å²) in [7, 11) is 2.07. The minimum Gasteiger partial charge on any atom is -0.374 e. The maximum Gasteiger partial charge on any atom is 0.267 e. The average Bonchev–Trinajstić information content (AvgIpc) is 2.49. The summed E-state index contributed by atoms with van der Waals surface area (Å²) in [5.41, 5.74) is 3.02. The predicted molar refractivity (Wildman–Crippen MR) is 87.3 cm³/mol. The van der Waals surface area contributed by atoms with E-state index in [1.807, 2.05) is 43.0 Å². The maximum atomic E-state index is 12.3. The summed E-state index contributed by atoms with van der Waals surface area (Å²) in [6.07, 6.45) is 1.67. The normalized spacial score (nSPS) is 16.3. The smallest absolute Gasteiger partial charge is 0.267 e. The van der Waals surface area contributed by atoms with Gasteiger partial charge < -0.3 is 15.1 Å². The Hall–Kier alpha value is -2.32. The van der Waals surface area contributed by atoms with Gasteiger partial charge in [-0.3, -0.25) is 4.79 Å². The minimum atomic E-state index is -0.353. The Bertz CT molecular complexity index is 622. The summed E-state index contributed by atoms with van der Waals surface area (Å²) in [4.78, 5) is 16.5. The van der Waals surface area contributed by atoms with E-state index in [1.165, 1.54) is 0 Å². The number of aryl methyl sites for hydroxylation is 2. The Labute approximate surface area is 131 Å². The highest BCUT2D eigenvalue weighted by molar-refractivity contribution is 6.06. The molecule has 1 aromatic carbocycles. The third-order valence-corrected chi connectivity index (χ3v) is 3.84. The van der Waals surface area contributed by atoms with Gasteiger partial charge in [0.1, 0.15) is 11.6 Å². The van der Waals surface area contributed by atoms with Crippen LogP contribution in [0, 0.1) is 25.2 Å². The van der Waals surface area contributed by atoms with Crippen molar-refractivity contribution in [3.63, 3.8) is 0 Å². The number of likely N-dealkylation sites (N-methyl/N-ethyl adjacent to an activating group) is 1. The summed E-state index contributed by atoms with van der Waals surface area (Å²) in [6, 6.07) is 7.82. The molecule has 1 heterocycles. The third kappa shape index (κ3) is 4.09. The van der Waals surface area contributed by atoms with Gasteiger partial charge in [-0.15, -0.1) is 0 Å². The van der Waals surface area contributed by atoms with Crippen LogP contribution in [0.2, 0.25) is 0 Å². The van der Waals surface area contributed by atoms with Gasteiger partial charge in [0.25, 0.3) is 5.91 Å². The number of hydrogen-bond donors (Lipinski definition) is 1. The lowest BCUT2D eigenvalue weighted by atomic mass is 10.1. The molecule has 1 aliphatic heterocycles. The fourth-order valence-corrected chi connectivity index (χ4v) is 2.42. The Morgan fingerprint density at radius 3 is 2.55 bits per heavy atom. The molecule has 0 aliphatic carbocycles. The maximum absolute atomic E-state index is 12.3. The van der Waals surface area contributed by atoms with E-state index in [0.29, 0.717) is 0 Å². The molecule has 0 unspecified atom stereocenters. The molecule has 1 aliphatic rings. The van der Waals surface area contributed by atoms with Crippen molar-refractivity contribution in [2.24, 2.45) is 0 Å². The number of carbonyl (C=O) groups excluding carboxylic acids is 1. The number of nitrogens with one attached hydrogen (secondary N) is 1. The van der Waals surface area contributed by atoms with Crippen LogP contribution in [-0.2, 0) is 4.79 Å². The number of hydrogen-bond acceptors (Lipinski definition) is 4. The van der Waals surface area contributed by atoms with Crippen LogP contribution >= 0.6 is 0 Å². The van der Waals surface area contributed by atoms with Gasteiger partial charge in [-0.25, -0.2) is 0 Å². The standard InChI is InChI=1S/C17H22N4O/c1-13-4-5-16(14(2)10-13)19-17(22)15(11-18)12-21-8-6-20(3)7-9-21/h4-5,10,12H,6-9H2,1-3H3,(H,19,22)/b15-12-. The van der Waals surface area contributed by atoms with Gasteiger partial charge in [0.05, 0.1) is 0 Å². The van der Waals surface area contributed by atoms with Crippen molar-refractivity contribution in [2.75, 3.05) is 38.5 Å². The molecule has 1 N–H and O–H groups in total. The molecule has 1 saturated heterocycles. The molecule has 0 atom stereocenters. The molecule has 2 rings (SSSR count). The van der Waals surface area contributed by atoms with E-state index in [0.717, 1.165) is 43.0 Å². The van der Waals surface area contributed by atoms with Crippen LogP contribution in [0.1, 0.15) is 11.1 Å². The molecule has 116 valence electrons. The molecule has 1 amide bonds. The molecule has 0 aromatic heterocycles. The number of carbonyl (C=O) groups is 1. The molecule has 0 spiro atoms. The van der Waals surface area contributed by atoms with E-state index in [-0.39, 0.29) is 11.5 Å². The number of anilines is 1. The molecule has 5 nitrogen and oxygen atoms in total. The Morgan fingerprint density at radius 2 is 1.95 bits per heavy atom. The van der Waals surface area contributed by atoms with Crippen molar-refractivity contribution in [3.05, 3.63) is 41.1 Å². The number of amides is 1. The largest absolute Gasteiger partial charge is 0.374 e. The van der Waals surface area contributed by atoms with E-state index >= 15 is 0 Å². The monoisotopic (exact) mass is 298 g/mol. The first-order valence-corrected chi connectivity index (χ1v) is 7.42. The van der Waals surface area contributed by atoms with Gasteiger partial charge in [-0.2, -0.15) is 5.26 Å². The molecule has 1 fully saturated rings. The van der Waals surface area contributed by atoms with Gasteiger partial charge in [0.15, 0.2) is 0 Å². The molecule has 1 aromatic rings. The first-order valence-electron chi connectivity index (χ1n) is 7.42. The van der Waals surface area contributed by atoms with Crippen LogP contribution in [0.3, 0.4) is 0 Å². The van der Waals surface area contributed by atoms with Gasteiger partial charge in [-0.05, 0) is 32.5 Å². The SMILES string of the molecule is Cc1ccc(NC(=O)/C(C#N)=C\N2CCN(C)CC2)c(C)c1. The van der Waals surface area contributed by atoms with Crippen molar-refractivity contribution in [2.45, 2.75) is 13.8 Å². The zero-order valence-corrected chi connectivity index (χ0v) is 13.4. The number of nitrogens with zero attached hydrogens (tertiary/aromatic N) is 3. The minimum absolute atomic E-state index is 0.143. The van der Waals surface area contributed by atoms with E-state index in [4.69, 9.17) is 0 Å². The Kier molecular flexibility index (Phi) is 5.18. The van der Waals surface area contributed by atoms with E-state index in [2.05, 4.69) is 17.3 Å². The van der Waals surface area contributed by atoms with Crippen molar-refractivity contribution in [3.8, 4) is 6.07 Å². The highest BCUT2D eigenvalue weighted by Crippen LogP contribution is 2.17. The van der Waals surface area contributed by atoms with E-state index in [9.17, 15) is 10.1 Å². The molecule has 0 radical (unpaired) electrons. The lowest BCUT2D eigenvalue weighted by Crippen LogP contribution is -2.42. The summed E-state index contributed by atoms with van der Waals surface area (Å²) < 4.78 is 0. The van der Waals surface area contributed by atoms with Crippen LogP contribution < -0.4 is 5.32 Å². The quantitative estimate of drug-likeness (QED) is 0.684. The van der Waals surface area contributed by atoms with E-state index < -0.39 is 0 Å². The second-order valence-electron chi connectivity index (χ2n) is 5.77. The molecule has 5 heteroatoms. The lowest BCUT2D eigenvalue weighted by Gasteiger charge is -2.31. The van der Waals surface area contributed by atoms with Crippen molar-refractivity contribution < 1.29 is 4.79 Å². The fraction of sp³-hybridized carbons (Fsp3) is 0.412. The average molecular weight is 298 g/mol. The molecular weight excluding hydrogens is 276 g/mol. The van der Waals surface area contributed by atoms with Crippen LogP contribution in [0.5, 0.6) is 0 Å². The second-order valence-corrected chi connectivity index (χ2v) is 5.77. The topological polar surface area (TPSA) is 59.4 Å². The Balaban J connectivity index is 2.07. The van der Waals surface area contributed by atoms with Crippen LogP contribution in [-0.4, -0.2) is 48.9 Å². The summed E-state index contributed by atoms with van der Waals surface area (Å²) in [6.45, 7) is 7.49. The zero-order chi connectivity index (χ0) is 16.1. The summed E-state index contributed by atoms with van der Waals surface area (Å²) >= 11 is 0. The van der Waals surface area contributed by atoms with Crippen LogP contribution in [0.4, 0.5) is 5.69 Å². The fourth-order valence-electron chi connectivity index (χ4n) is 2.42. The van der Waals surface area contributed by atoms with Crippen molar-refractivity contribution in [1.29, 1.82) is 5.26 Å². The lowest BCUT2D eigenvalue weighted by molar-refractivity contribution is -0.112. The van der Waals surface area contributed by atoms with Gasteiger partial charge in [0, 0.05) is 38.1 Å². The number of benzene rings is 1. The summed E-state index contributed by atoms with van der Waals surface area (Å²) in [5.74, 6) is -0.353. The number of rotatable bonds is 3. The van der Waals surface area contributed by atoms with Crippen molar-refractivity contribution in [1.82, 2.24) is 9.80 Å². The molecule has 0 saturated carbocycles. The number of nitriles is 1. The summed E-state index contributed by atoms with van der Waals surface area (Å²) in [5, 5.41) is 12.1. The van der Waals surface area contributed by atoms with E-state index in [1.54, 1.807) is 6.20 Å². The third-order valence-electron chi connectivity index (χ3n) is 3.84. The van der Waals surface area contributed by atoms with Gasteiger partial charge in [-0.1, -0.05) is 17.7 Å². The molecule has 22 heavy (non-hydrogen) atoms. The second kappa shape index (κ2) is 7.10. The van der Waals surface area contributed by atoms with Crippen LogP contribution in [0.15, 0.2) is 30.0 Å². The van der Waals surface area contributed by atoms with Gasteiger partial charge >= 0.3 is 0 Å². The first kappa shape index (κ1) is 16.1. The zero-order valence-electron chi connectivity index (χ0n) is 13.4. The Morgan fingerprint density at radius 1 is 1.27 bits per heavy atom. The number of piperazine rings is 1. The van der Waals surface area contributed by atoms with Crippen molar-refractivity contribution >= 4 is 11.6 Å². The van der Waals surface area contributed by atoms with Gasteiger partial charge in [0.2, 0.25) is 0 Å². The predicted octanol–water partition coefficient (Wildman–Crippen LogP) is 1.90. The highest BCUT2D eigenvalue weighted by Gasteiger charge is 2.15. The molecular formula is C17H22N4O. The highest BCUT2D eigenvalue weighted by atomic mass is 16.1. The first-order chi connectivity index (χ1) is 10.5. The molecule has 0 bridgehead atoms. The van der Waals surface area contributed by atoms with Crippen LogP contribution in [0.25, 0.3) is 0 Å².